The van der Waals surface area contributed by atoms with Crippen molar-refractivity contribution in [2.75, 3.05) is 7.11 Å². The monoisotopic (exact) mass is 395 g/mol. The van der Waals surface area contributed by atoms with Gasteiger partial charge in [-0.2, -0.15) is 8.42 Å². The van der Waals surface area contributed by atoms with E-state index in [9.17, 15) is 8.42 Å². The molecule has 3 rings (SSSR count). The van der Waals surface area contributed by atoms with Crippen molar-refractivity contribution in [1.29, 1.82) is 0 Å². The number of benzene rings is 2. The highest BCUT2D eigenvalue weighted by Gasteiger charge is 2.21. The molecule has 0 atom stereocenters. The van der Waals surface area contributed by atoms with Gasteiger partial charge < -0.3 is 8.92 Å². The smallest absolute Gasteiger partial charge is 0.340 e. The minimum atomic E-state index is -4.07. The molecule has 2 aromatic carbocycles. The number of aromatic nitrogens is 1. The van der Waals surface area contributed by atoms with E-state index < -0.39 is 10.1 Å². The van der Waals surface area contributed by atoms with Gasteiger partial charge in [0, 0.05) is 22.7 Å². The lowest BCUT2D eigenvalue weighted by Crippen LogP contribution is -2.10. The fourth-order valence-electron chi connectivity index (χ4n) is 2.11. The van der Waals surface area contributed by atoms with Crippen LogP contribution in [0.15, 0.2) is 52.7 Å². The molecule has 1 heterocycles. The molecule has 0 saturated carbocycles. The van der Waals surface area contributed by atoms with E-state index in [-0.39, 0.29) is 15.7 Å². The Hall–Kier alpha value is -2.09. The first-order valence-electron chi connectivity index (χ1n) is 7.19. The van der Waals surface area contributed by atoms with Gasteiger partial charge in [-0.1, -0.05) is 11.6 Å². The first-order valence-corrected chi connectivity index (χ1v) is 9.86. The van der Waals surface area contributed by atoms with Gasteiger partial charge in [-0.15, -0.1) is 11.3 Å². The maximum atomic E-state index is 12.5. The summed E-state index contributed by atoms with van der Waals surface area (Å²) < 4.78 is 35.2. The molecule has 0 unspecified atom stereocenters. The maximum Gasteiger partial charge on any atom is 0.340 e. The van der Waals surface area contributed by atoms with Gasteiger partial charge in [0.15, 0.2) is 0 Å². The van der Waals surface area contributed by atoms with Gasteiger partial charge in [-0.25, -0.2) is 4.98 Å². The maximum absolute atomic E-state index is 12.5. The van der Waals surface area contributed by atoms with Crippen molar-refractivity contribution in [3.63, 3.8) is 0 Å². The van der Waals surface area contributed by atoms with Crippen molar-refractivity contribution in [3.05, 3.63) is 58.6 Å². The first-order chi connectivity index (χ1) is 11.9. The summed E-state index contributed by atoms with van der Waals surface area (Å²) in [5.74, 6) is 0.567. The molecule has 8 heteroatoms. The van der Waals surface area contributed by atoms with Crippen molar-refractivity contribution < 1.29 is 17.3 Å². The minimum absolute atomic E-state index is 0.0654. The van der Waals surface area contributed by atoms with Crippen LogP contribution in [0.4, 0.5) is 0 Å². The van der Waals surface area contributed by atoms with E-state index in [0.717, 1.165) is 16.3 Å². The van der Waals surface area contributed by atoms with Crippen LogP contribution in [-0.2, 0) is 10.1 Å². The van der Waals surface area contributed by atoms with Crippen molar-refractivity contribution in [2.45, 2.75) is 11.8 Å². The second-order valence-corrected chi connectivity index (χ2v) is 7.93. The fourth-order valence-corrected chi connectivity index (χ4v) is 4.34. The lowest BCUT2D eigenvalue weighted by Gasteiger charge is -2.10. The van der Waals surface area contributed by atoms with Gasteiger partial charge in [0.2, 0.25) is 0 Å². The van der Waals surface area contributed by atoms with E-state index >= 15 is 0 Å². The molecule has 0 amide bonds. The van der Waals surface area contributed by atoms with Gasteiger partial charge >= 0.3 is 10.1 Å². The first kappa shape index (κ1) is 17.7. The van der Waals surface area contributed by atoms with Gasteiger partial charge in [0.05, 0.1) is 12.1 Å². The third kappa shape index (κ3) is 3.95. The van der Waals surface area contributed by atoms with Crippen LogP contribution in [0.3, 0.4) is 0 Å². The van der Waals surface area contributed by atoms with Crippen molar-refractivity contribution in [2.24, 2.45) is 0 Å². The van der Waals surface area contributed by atoms with Gasteiger partial charge in [-0.05, 0) is 43.3 Å². The van der Waals surface area contributed by atoms with Crippen LogP contribution in [0.25, 0.3) is 10.6 Å². The number of methoxy groups -OCH3 is 1. The highest BCUT2D eigenvalue weighted by molar-refractivity contribution is 7.87. The van der Waals surface area contributed by atoms with Crippen LogP contribution in [0.2, 0.25) is 5.02 Å². The zero-order chi connectivity index (χ0) is 18.0. The summed E-state index contributed by atoms with van der Waals surface area (Å²) in [6, 6.07) is 11.0. The molecule has 25 heavy (non-hydrogen) atoms. The van der Waals surface area contributed by atoms with E-state index in [0.29, 0.717) is 5.75 Å². The zero-order valence-corrected chi connectivity index (χ0v) is 15.8. The molecule has 3 aromatic rings. The minimum Gasteiger partial charge on any atom is -0.497 e. The summed E-state index contributed by atoms with van der Waals surface area (Å²) in [7, 11) is -2.63. The molecule has 130 valence electrons. The molecule has 0 fully saturated rings. The van der Waals surface area contributed by atoms with Gasteiger partial charge in [0.1, 0.15) is 21.4 Å². The van der Waals surface area contributed by atoms with E-state index in [2.05, 4.69) is 4.98 Å². The molecule has 5 nitrogen and oxygen atoms in total. The zero-order valence-electron chi connectivity index (χ0n) is 13.4. The summed E-state index contributed by atoms with van der Waals surface area (Å²) >= 11 is 7.51. The third-order valence-corrected chi connectivity index (χ3v) is 6.07. The Kier molecular flexibility index (Phi) is 4.99. The molecule has 0 saturated heterocycles. The number of rotatable bonds is 5. The number of hydrogen-bond donors (Lipinski definition) is 0. The van der Waals surface area contributed by atoms with Crippen LogP contribution >= 0.6 is 22.9 Å². The third-order valence-electron chi connectivity index (χ3n) is 3.33. The molecule has 0 aliphatic rings. The molecule has 0 bridgehead atoms. The fraction of sp³-hybridized carbons (Fsp3) is 0.118. The predicted molar refractivity (Wildman–Crippen MR) is 98.1 cm³/mol. The molecule has 0 aliphatic heterocycles. The molecule has 1 aromatic heterocycles. The largest absolute Gasteiger partial charge is 0.497 e. The van der Waals surface area contributed by atoms with E-state index in [1.165, 1.54) is 30.6 Å². The Balaban J connectivity index is 1.86. The number of aryl methyl sites for hydroxylation is 1. The lowest BCUT2D eigenvalue weighted by atomic mass is 10.2. The molecular weight excluding hydrogens is 382 g/mol. The Bertz CT molecular complexity index is 998. The predicted octanol–water partition coefficient (Wildman–Crippen LogP) is 4.55. The quantitative estimate of drug-likeness (QED) is 0.593. The number of hydrogen-bond acceptors (Lipinski definition) is 6. The Labute approximate surface area is 155 Å². The molecular formula is C17H14ClNO4S2. The van der Waals surface area contributed by atoms with Crippen LogP contribution in [0.1, 0.15) is 5.69 Å². The standard InChI is InChI=1S/C17H14ClNO4S2/c1-11-10-24-17(19-11)12-3-5-13(6-4-12)23-25(20,21)16-9-14(22-2)7-8-15(16)18/h3-10H,1-2H3. The number of thiazole rings is 1. The lowest BCUT2D eigenvalue weighted by molar-refractivity contribution is 0.412. The number of ether oxygens (including phenoxy) is 1. The van der Waals surface area contributed by atoms with E-state index in [1.54, 1.807) is 30.3 Å². The van der Waals surface area contributed by atoms with Crippen molar-refractivity contribution >= 4 is 33.1 Å². The Morgan fingerprint density at radius 3 is 2.36 bits per heavy atom. The normalized spacial score (nSPS) is 11.3. The van der Waals surface area contributed by atoms with Crippen LogP contribution in [0, 0.1) is 6.92 Å². The van der Waals surface area contributed by atoms with Crippen LogP contribution in [-0.4, -0.2) is 20.5 Å². The molecule has 0 radical (unpaired) electrons. The number of nitrogens with zero attached hydrogens (tertiary/aromatic N) is 1. The summed E-state index contributed by atoms with van der Waals surface area (Å²) in [5, 5.41) is 2.88. The highest BCUT2D eigenvalue weighted by atomic mass is 35.5. The Morgan fingerprint density at radius 2 is 1.76 bits per heavy atom. The second kappa shape index (κ2) is 7.03. The van der Waals surface area contributed by atoms with E-state index in [4.69, 9.17) is 20.5 Å². The summed E-state index contributed by atoms with van der Waals surface area (Å²) in [5.41, 5.74) is 1.83. The average Bonchev–Trinajstić information content (AvgIpc) is 3.02. The highest BCUT2D eigenvalue weighted by Crippen LogP contribution is 2.30. The molecule has 0 N–H and O–H groups in total. The van der Waals surface area contributed by atoms with Crippen molar-refractivity contribution in [3.8, 4) is 22.1 Å². The van der Waals surface area contributed by atoms with Crippen molar-refractivity contribution in [1.82, 2.24) is 4.98 Å². The molecule has 0 aliphatic carbocycles. The summed E-state index contributed by atoms with van der Waals surface area (Å²) in [6.45, 7) is 1.92. The van der Waals surface area contributed by atoms with Crippen LogP contribution in [0.5, 0.6) is 11.5 Å². The van der Waals surface area contributed by atoms with Gasteiger partial charge in [-0.3, -0.25) is 0 Å². The summed E-state index contributed by atoms with van der Waals surface area (Å²) in [4.78, 5) is 4.25. The topological polar surface area (TPSA) is 65.5 Å². The SMILES string of the molecule is COc1ccc(Cl)c(S(=O)(=O)Oc2ccc(-c3nc(C)cs3)cc2)c1. The van der Waals surface area contributed by atoms with Gasteiger partial charge in [0.25, 0.3) is 0 Å². The second-order valence-electron chi connectivity index (χ2n) is 5.15. The average molecular weight is 396 g/mol. The number of halogens is 1. The van der Waals surface area contributed by atoms with Crippen LogP contribution < -0.4 is 8.92 Å². The summed E-state index contributed by atoms with van der Waals surface area (Å²) in [6.07, 6.45) is 0. The van der Waals surface area contributed by atoms with E-state index in [1.807, 2.05) is 12.3 Å². The Morgan fingerprint density at radius 1 is 1.08 bits per heavy atom. The molecule has 0 spiro atoms.